The molecular formula is C23H23Cl2N3O. The quantitative estimate of drug-likeness (QED) is 0.529. The minimum Gasteiger partial charge on any atom is -0.350 e. The highest BCUT2D eigenvalue weighted by molar-refractivity contribution is 6.30. The van der Waals surface area contributed by atoms with E-state index in [1.54, 1.807) is 4.68 Å². The second-order valence-electron chi connectivity index (χ2n) is 7.52. The summed E-state index contributed by atoms with van der Waals surface area (Å²) in [7, 11) is 0. The van der Waals surface area contributed by atoms with E-state index in [9.17, 15) is 4.79 Å². The maximum Gasteiger partial charge on any atom is 0.271 e. The molecule has 1 aromatic heterocycles. The van der Waals surface area contributed by atoms with E-state index in [0.717, 1.165) is 16.9 Å². The summed E-state index contributed by atoms with van der Waals surface area (Å²) in [6.07, 6.45) is 6.20. The number of hydrogen-bond acceptors (Lipinski definition) is 2. The van der Waals surface area contributed by atoms with E-state index in [1.165, 1.54) is 32.1 Å². The van der Waals surface area contributed by atoms with E-state index in [-0.39, 0.29) is 5.91 Å². The third-order valence-corrected chi connectivity index (χ3v) is 5.93. The molecule has 0 atom stereocenters. The number of carbonyl (C=O) groups excluding carboxylic acids is 1. The highest BCUT2D eigenvalue weighted by Gasteiger charge is 2.19. The number of amides is 1. The smallest absolute Gasteiger partial charge is 0.271 e. The second kappa shape index (κ2) is 9.02. The van der Waals surface area contributed by atoms with Crippen LogP contribution in [-0.4, -0.2) is 22.2 Å². The molecule has 1 aliphatic carbocycles. The van der Waals surface area contributed by atoms with Gasteiger partial charge < -0.3 is 5.32 Å². The van der Waals surface area contributed by atoms with E-state index >= 15 is 0 Å². The summed E-state index contributed by atoms with van der Waals surface area (Å²) in [6, 6.07) is 16.7. The van der Waals surface area contributed by atoms with Gasteiger partial charge in [0, 0.05) is 22.2 Å². The number of nitrogens with one attached hydrogen (secondary N) is 1. The molecule has 0 spiro atoms. The lowest BCUT2D eigenvalue weighted by Gasteiger charge is -2.21. The predicted molar refractivity (Wildman–Crippen MR) is 118 cm³/mol. The molecule has 1 aliphatic rings. The zero-order chi connectivity index (χ0) is 20.2. The summed E-state index contributed by atoms with van der Waals surface area (Å²) in [5.74, 6) is 0.431. The maximum absolute atomic E-state index is 12.8. The summed E-state index contributed by atoms with van der Waals surface area (Å²) in [5.41, 5.74) is 3.00. The largest absolute Gasteiger partial charge is 0.350 e. The lowest BCUT2D eigenvalue weighted by molar-refractivity contribution is 0.0938. The van der Waals surface area contributed by atoms with Gasteiger partial charge in [0.05, 0.1) is 11.4 Å². The molecule has 4 nitrogen and oxygen atoms in total. The van der Waals surface area contributed by atoms with Crippen molar-refractivity contribution >= 4 is 29.1 Å². The molecule has 4 rings (SSSR count). The van der Waals surface area contributed by atoms with Crippen molar-refractivity contribution in [2.45, 2.75) is 32.1 Å². The fourth-order valence-electron chi connectivity index (χ4n) is 3.82. The Labute approximate surface area is 180 Å². The Kier molecular flexibility index (Phi) is 6.22. The number of halogens is 2. The minimum atomic E-state index is -0.140. The minimum absolute atomic E-state index is 0.140. The van der Waals surface area contributed by atoms with Crippen molar-refractivity contribution in [3.8, 4) is 16.9 Å². The van der Waals surface area contributed by atoms with Gasteiger partial charge >= 0.3 is 0 Å². The maximum atomic E-state index is 12.8. The fraction of sp³-hybridized carbons (Fsp3) is 0.304. The number of aromatic nitrogens is 2. The van der Waals surface area contributed by atoms with E-state index < -0.39 is 0 Å². The zero-order valence-corrected chi connectivity index (χ0v) is 17.6. The molecule has 2 aromatic carbocycles. The molecule has 0 radical (unpaired) electrons. The van der Waals surface area contributed by atoms with Crippen LogP contribution >= 0.6 is 23.2 Å². The van der Waals surface area contributed by atoms with Gasteiger partial charge in [-0.1, -0.05) is 54.6 Å². The standard InChI is InChI=1S/C23H23Cl2N3O/c24-18-8-6-17(7-9-18)22-14-21(23(29)26-15-16-4-2-1-3-5-16)27-28(22)20-12-10-19(25)11-13-20/h6-14,16H,1-5,15H2,(H,26,29). The summed E-state index contributed by atoms with van der Waals surface area (Å²) in [6.45, 7) is 0.711. The topological polar surface area (TPSA) is 46.9 Å². The van der Waals surface area contributed by atoms with E-state index in [2.05, 4.69) is 10.4 Å². The van der Waals surface area contributed by atoms with Crippen molar-refractivity contribution in [2.24, 2.45) is 5.92 Å². The number of carbonyl (C=O) groups is 1. The van der Waals surface area contributed by atoms with Crippen molar-refractivity contribution < 1.29 is 4.79 Å². The molecule has 1 fully saturated rings. The number of rotatable bonds is 5. The second-order valence-corrected chi connectivity index (χ2v) is 8.40. The lowest BCUT2D eigenvalue weighted by atomic mass is 9.89. The molecular weight excluding hydrogens is 405 g/mol. The van der Waals surface area contributed by atoms with Crippen LogP contribution in [0.15, 0.2) is 54.6 Å². The van der Waals surface area contributed by atoms with Gasteiger partial charge in [0.25, 0.3) is 5.91 Å². The Balaban J connectivity index is 1.62. The average molecular weight is 428 g/mol. The van der Waals surface area contributed by atoms with Gasteiger partial charge in [-0.3, -0.25) is 4.79 Å². The summed E-state index contributed by atoms with van der Waals surface area (Å²) in [5, 5.41) is 8.99. The van der Waals surface area contributed by atoms with Crippen LogP contribution in [0.2, 0.25) is 10.0 Å². The lowest BCUT2D eigenvalue weighted by Crippen LogP contribution is -2.30. The van der Waals surface area contributed by atoms with E-state index in [0.29, 0.717) is 28.2 Å². The van der Waals surface area contributed by atoms with E-state index in [4.69, 9.17) is 23.2 Å². The Hall–Kier alpha value is -2.30. The molecule has 0 unspecified atom stereocenters. The molecule has 1 heterocycles. The molecule has 0 aliphatic heterocycles. The number of nitrogens with zero attached hydrogens (tertiary/aromatic N) is 2. The molecule has 150 valence electrons. The molecule has 29 heavy (non-hydrogen) atoms. The first kappa shape index (κ1) is 20.0. The van der Waals surface area contributed by atoms with Gasteiger partial charge in [-0.15, -0.1) is 0 Å². The van der Waals surface area contributed by atoms with Crippen LogP contribution in [0.1, 0.15) is 42.6 Å². The van der Waals surface area contributed by atoms with Crippen LogP contribution < -0.4 is 5.32 Å². The molecule has 6 heteroatoms. The van der Waals surface area contributed by atoms with Crippen LogP contribution in [0.3, 0.4) is 0 Å². The van der Waals surface area contributed by atoms with Crippen LogP contribution in [0.5, 0.6) is 0 Å². The Morgan fingerprint density at radius 2 is 1.59 bits per heavy atom. The molecule has 0 saturated heterocycles. The van der Waals surface area contributed by atoms with Gasteiger partial charge in [0.1, 0.15) is 0 Å². The molecule has 1 saturated carbocycles. The summed E-state index contributed by atoms with van der Waals surface area (Å²) in [4.78, 5) is 12.8. The summed E-state index contributed by atoms with van der Waals surface area (Å²) >= 11 is 12.1. The third-order valence-electron chi connectivity index (χ3n) is 5.43. The van der Waals surface area contributed by atoms with Crippen LogP contribution in [0, 0.1) is 5.92 Å². The van der Waals surface area contributed by atoms with Crippen LogP contribution in [0.25, 0.3) is 16.9 Å². The Bertz CT molecular complexity index is 911. The van der Waals surface area contributed by atoms with Gasteiger partial charge in [0.15, 0.2) is 5.69 Å². The predicted octanol–water partition coefficient (Wildman–Crippen LogP) is 6.16. The normalized spacial score (nSPS) is 14.7. The van der Waals surface area contributed by atoms with Crippen LogP contribution in [0.4, 0.5) is 0 Å². The molecule has 0 bridgehead atoms. The fourth-order valence-corrected chi connectivity index (χ4v) is 4.07. The van der Waals surface area contributed by atoms with Crippen molar-refractivity contribution in [3.05, 3.63) is 70.3 Å². The van der Waals surface area contributed by atoms with Crippen molar-refractivity contribution in [1.82, 2.24) is 15.1 Å². The first-order valence-electron chi connectivity index (χ1n) is 10.0. The van der Waals surface area contributed by atoms with Crippen molar-refractivity contribution in [2.75, 3.05) is 6.54 Å². The van der Waals surface area contributed by atoms with Crippen LogP contribution in [-0.2, 0) is 0 Å². The third kappa shape index (κ3) is 4.82. The van der Waals surface area contributed by atoms with Gasteiger partial charge in [0.2, 0.25) is 0 Å². The molecule has 3 aromatic rings. The summed E-state index contributed by atoms with van der Waals surface area (Å²) < 4.78 is 1.77. The zero-order valence-electron chi connectivity index (χ0n) is 16.1. The van der Waals surface area contributed by atoms with E-state index in [1.807, 2.05) is 54.6 Å². The first-order chi connectivity index (χ1) is 14.1. The van der Waals surface area contributed by atoms with Gasteiger partial charge in [-0.05, 0) is 61.2 Å². The van der Waals surface area contributed by atoms with Gasteiger partial charge in [-0.25, -0.2) is 4.68 Å². The molecule has 1 N–H and O–H groups in total. The highest BCUT2D eigenvalue weighted by atomic mass is 35.5. The van der Waals surface area contributed by atoms with Crippen molar-refractivity contribution in [3.63, 3.8) is 0 Å². The average Bonchev–Trinajstić information content (AvgIpc) is 3.19. The number of hydrogen-bond donors (Lipinski definition) is 1. The Morgan fingerprint density at radius 1 is 0.966 bits per heavy atom. The Morgan fingerprint density at radius 3 is 2.24 bits per heavy atom. The highest BCUT2D eigenvalue weighted by Crippen LogP contribution is 2.27. The van der Waals surface area contributed by atoms with Crippen molar-refractivity contribution in [1.29, 1.82) is 0 Å². The molecule has 1 amide bonds. The van der Waals surface area contributed by atoms with Gasteiger partial charge in [-0.2, -0.15) is 5.10 Å². The SMILES string of the molecule is O=C(NCC1CCCCC1)c1cc(-c2ccc(Cl)cc2)n(-c2ccc(Cl)cc2)n1. The number of benzene rings is 2. The monoisotopic (exact) mass is 427 g/mol. The first-order valence-corrected chi connectivity index (χ1v) is 10.8.